The van der Waals surface area contributed by atoms with Crippen LogP contribution in [0.1, 0.15) is 35.4 Å². The van der Waals surface area contributed by atoms with Crippen molar-refractivity contribution in [2.45, 2.75) is 32.6 Å². The number of aromatic nitrogens is 1. The van der Waals surface area contributed by atoms with E-state index in [2.05, 4.69) is 59.8 Å². The van der Waals surface area contributed by atoms with Crippen LogP contribution in [0.2, 0.25) is 0 Å². The van der Waals surface area contributed by atoms with Crippen LogP contribution in [-0.4, -0.2) is 28.9 Å². The fourth-order valence-electron chi connectivity index (χ4n) is 3.81. The third kappa shape index (κ3) is 3.47. The normalized spacial score (nSPS) is 14.7. The van der Waals surface area contributed by atoms with Gasteiger partial charge >= 0.3 is 0 Å². The molecule has 1 N–H and O–H groups in total. The Morgan fingerprint density at radius 1 is 1.23 bits per heavy atom. The van der Waals surface area contributed by atoms with Gasteiger partial charge in [0.1, 0.15) is 0 Å². The van der Waals surface area contributed by atoms with E-state index in [1.807, 2.05) is 4.90 Å². The second-order valence-electron chi connectivity index (χ2n) is 6.92. The van der Waals surface area contributed by atoms with Gasteiger partial charge in [-0.3, -0.25) is 4.79 Å². The number of benzene rings is 1. The van der Waals surface area contributed by atoms with E-state index < -0.39 is 0 Å². The van der Waals surface area contributed by atoms with E-state index in [0.717, 1.165) is 32.4 Å². The first kappa shape index (κ1) is 17.1. The number of amides is 1. The molecule has 1 aromatic carbocycles. The van der Waals surface area contributed by atoms with Crippen LogP contribution in [0.3, 0.4) is 0 Å². The molecule has 0 saturated carbocycles. The summed E-state index contributed by atoms with van der Waals surface area (Å²) in [6.07, 6.45) is 5.66. The smallest absolute Gasteiger partial charge is 0.222 e. The van der Waals surface area contributed by atoms with Gasteiger partial charge in [-0.1, -0.05) is 30.3 Å². The quantitative estimate of drug-likeness (QED) is 0.665. The average molecular weight is 365 g/mol. The summed E-state index contributed by atoms with van der Waals surface area (Å²) < 4.78 is 0. The minimum atomic E-state index is 0.281. The number of fused-ring (bicyclic) bond motifs is 1. The van der Waals surface area contributed by atoms with Crippen molar-refractivity contribution < 1.29 is 4.79 Å². The molecule has 134 valence electrons. The maximum atomic E-state index is 12.6. The summed E-state index contributed by atoms with van der Waals surface area (Å²) in [4.78, 5) is 19.3. The number of para-hydroxylation sites is 1. The van der Waals surface area contributed by atoms with Gasteiger partial charge in [0.05, 0.1) is 0 Å². The van der Waals surface area contributed by atoms with Crippen LogP contribution in [0, 0.1) is 6.92 Å². The van der Waals surface area contributed by atoms with Crippen LogP contribution in [-0.2, 0) is 11.2 Å². The van der Waals surface area contributed by atoms with Gasteiger partial charge in [0.15, 0.2) is 0 Å². The van der Waals surface area contributed by atoms with Crippen molar-refractivity contribution in [3.05, 3.63) is 64.0 Å². The monoisotopic (exact) mass is 364 g/mol. The molecule has 3 aromatic rings. The van der Waals surface area contributed by atoms with Crippen molar-refractivity contribution in [3.8, 4) is 0 Å². The number of H-pyrrole nitrogens is 1. The summed E-state index contributed by atoms with van der Waals surface area (Å²) in [5, 5.41) is 3.40. The first-order chi connectivity index (χ1) is 12.7. The van der Waals surface area contributed by atoms with Gasteiger partial charge in [0.25, 0.3) is 0 Å². The fraction of sp³-hybridized carbons (Fsp3) is 0.318. The van der Waals surface area contributed by atoms with Crippen LogP contribution in [0.15, 0.2) is 47.9 Å². The molecule has 0 unspecified atom stereocenters. The Morgan fingerprint density at radius 3 is 2.88 bits per heavy atom. The molecular weight excluding hydrogens is 340 g/mol. The molecule has 0 bridgehead atoms. The number of thiophene rings is 1. The summed E-state index contributed by atoms with van der Waals surface area (Å²) >= 11 is 1.78. The first-order valence-electron chi connectivity index (χ1n) is 9.29. The Bertz CT molecular complexity index is 936. The van der Waals surface area contributed by atoms with E-state index in [1.165, 1.54) is 32.6 Å². The summed E-state index contributed by atoms with van der Waals surface area (Å²) in [6.45, 7) is 3.71. The van der Waals surface area contributed by atoms with Crippen LogP contribution in [0.5, 0.6) is 0 Å². The number of carbonyl (C=O) groups is 1. The molecule has 2 aromatic heterocycles. The average Bonchev–Trinajstić information content (AvgIpc) is 3.30. The van der Waals surface area contributed by atoms with E-state index in [4.69, 9.17) is 0 Å². The topological polar surface area (TPSA) is 36.1 Å². The van der Waals surface area contributed by atoms with Crippen LogP contribution in [0.4, 0.5) is 0 Å². The van der Waals surface area contributed by atoms with Gasteiger partial charge in [-0.2, -0.15) is 0 Å². The third-order valence-electron chi connectivity index (χ3n) is 5.24. The van der Waals surface area contributed by atoms with E-state index in [1.54, 1.807) is 11.3 Å². The van der Waals surface area contributed by atoms with Crippen molar-refractivity contribution in [1.82, 2.24) is 9.88 Å². The Kier molecular flexibility index (Phi) is 4.93. The molecule has 3 nitrogen and oxygen atoms in total. The molecule has 1 aliphatic heterocycles. The molecule has 4 heteroatoms. The molecule has 1 amide bonds. The van der Waals surface area contributed by atoms with Gasteiger partial charge in [0, 0.05) is 41.0 Å². The lowest BCUT2D eigenvalue weighted by molar-refractivity contribution is -0.130. The highest BCUT2D eigenvalue weighted by atomic mass is 32.1. The van der Waals surface area contributed by atoms with Crippen molar-refractivity contribution in [2.24, 2.45) is 0 Å². The van der Waals surface area contributed by atoms with Crippen molar-refractivity contribution >= 4 is 33.7 Å². The highest BCUT2D eigenvalue weighted by Gasteiger charge is 2.18. The standard InChI is InChI=1S/C22H24N2OS/c1-16-18(19-6-2-3-8-20(19)23-16)7-4-10-22(25)24-13-11-17(12-14-24)21-9-5-15-26-21/h2-3,5-6,8-9,11,15,23H,4,7,10,12-14H2,1H3. The third-order valence-corrected chi connectivity index (χ3v) is 6.19. The molecule has 0 spiro atoms. The van der Waals surface area contributed by atoms with Gasteiger partial charge in [-0.25, -0.2) is 0 Å². The predicted molar refractivity (Wildman–Crippen MR) is 109 cm³/mol. The number of aryl methyl sites for hydroxylation is 2. The Morgan fingerprint density at radius 2 is 2.12 bits per heavy atom. The van der Waals surface area contributed by atoms with Gasteiger partial charge in [0.2, 0.25) is 5.91 Å². The predicted octanol–water partition coefficient (Wildman–Crippen LogP) is 5.18. The molecule has 4 rings (SSSR count). The minimum Gasteiger partial charge on any atom is -0.358 e. The number of nitrogens with one attached hydrogen (secondary N) is 1. The summed E-state index contributed by atoms with van der Waals surface area (Å²) in [5.74, 6) is 0.281. The van der Waals surface area contributed by atoms with Gasteiger partial charge in [-0.05, 0) is 54.8 Å². The molecule has 0 fully saturated rings. The highest BCUT2D eigenvalue weighted by molar-refractivity contribution is 7.11. The van der Waals surface area contributed by atoms with Gasteiger partial charge < -0.3 is 9.88 Å². The lowest BCUT2D eigenvalue weighted by Crippen LogP contribution is -2.34. The fourth-order valence-corrected chi connectivity index (χ4v) is 4.61. The number of hydrogen-bond donors (Lipinski definition) is 1. The molecule has 0 radical (unpaired) electrons. The molecule has 3 heterocycles. The maximum Gasteiger partial charge on any atom is 0.222 e. The van der Waals surface area contributed by atoms with Crippen LogP contribution in [0.25, 0.3) is 16.5 Å². The van der Waals surface area contributed by atoms with Crippen molar-refractivity contribution in [3.63, 3.8) is 0 Å². The largest absolute Gasteiger partial charge is 0.358 e. The molecule has 0 saturated heterocycles. The van der Waals surface area contributed by atoms with E-state index in [9.17, 15) is 4.79 Å². The number of rotatable bonds is 5. The van der Waals surface area contributed by atoms with E-state index >= 15 is 0 Å². The summed E-state index contributed by atoms with van der Waals surface area (Å²) in [7, 11) is 0. The SMILES string of the molecule is Cc1[nH]c2ccccc2c1CCCC(=O)N1CC=C(c2cccs2)CC1. The molecule has 1 aliphatic rings. The first-order valence-corrected chi connectivity index (χ1v) is 10.2. The Hall–Kier alpha value is -2.33. The highest BCUT2D eigenvalue weighted by Crippen LogP contribution is 2.27. The zero-order chi connectivity index (χ0) is 17.9. The Balaban J connectivity index is 1.32. The van der Waals surface area contributed by atoms with Crippen LogP contribution >= 0.6 is 11.3 Å². The zero-order valence-electron chi connectivity index (χ0n) is 15.1. The van der Waals surface area contributed by atoms with Crippen LogP contribution < -0.4 is 0 Å². The molecule has 0 aliphatic carbocycles. The maximum absolute atomic E-state index is 12.6. The number of carbonyl (C=O) groups excluding carboxylic acids is 1. The van der Waals surface area contributed by atoms with Crippen molar-refractivity contribution in [2.75, 3.05) is 13.1 Å². The minimum absolute atomic E-state index is 0.281. The lowest BCUT2D eigenvalue weighted by Gasteiger charge is -2.26. The molecular formula is C22H24N2OS. The second-order valence-corrected chi connectivity index (χ2v) is 7.87. The second kappa shape index (κ2) is 7.50. The number of nitrogens with zero attached hydrogens (tertiary/aromatic N) is 1. The molecule has 0 atom stereocenters. The van der Waals surface area contributed by atoms with E-state index in [-0.39, 0.29) is 5.91 Å². The zero-order valence-corrected chi connectivity index (χ0v) is 15.9. The number of aromatic amines is 1. The lowest BCUT2D eigenvalue weighted by atomic mass is 10.0. The van der Waals surface area contributed by atoms with E-state index in [0.29, 0.717) is 6.42 Å². The summed E-state index contributed by atoms with van der Waals surface area (Å²) in [6, 6.07) is 12.7. The number of hydrogen-bond acceptors (Lipinski definition) is 2. The summed E-state index contributed by atoms with van der Waals surface area (Å²) in [5.41, 5.74) is 5.15. The van der Waals surface area contributed by atoms with Crippen molar-refractivity contribution in [1.29, 1.82) is 0 Å². The Labute approximate surface area is 158 Å². The molecule has 26 heavy (non-hydrogen) atoms. The van der Waals surface area contributed by atoms with Gasteiger partial charge in [-0.15, -0.1) is 11.3 Å².